The van der Waals surface area contributed by atoms with Crippen molar-refractivity contribution in [1.82, 2.24) is 0 Å². The zero-order valence-electron chi connectivity index (χ0n) is 6.70. The molecular weight excluding hydrogens is 249 g/mol. The Bertz CT molecular complexity index is 484. The van der Waals surface area contributed by atoms with Crippen LogP contribution in [0.5, 0.6) is 0 Å². The Hall–Kier alpha value is -0.620. The summed E-state index contributed by atoms with van der Waals surface area (Å²) < 4.78 is 22.0. The van der Waals surface area contributed by atoms with Crippen molar-refractivity contribution in [3.05, 3.63) is 28.8 Å². The van der Waals surface area contributed by atoms with Crippen molar-refractivity contribution in [2.45, 2.75) is 4.90 Å². The fourth-order valence-electron chi connectivity index (χ4n) is 0.894. The number of hydrogen-bond acceptors (Lipinski definition) is 3. The first-order valence-corrected chi connectivity index (χ1v) is 5.65. The van der Waals surface area contributed by atoms with Crippen LogP contribution in [0, 0.1) is 0 Å². The van der Waals surface area contributed by atoms with E-state index >= 15 is 0 Å². The monoisotopic (exact) mass is 253 g/mol. The Labute approximate surface area is 90.7 Å². The molecule has 0 radical (unpaired) electrons. The van der Waals surface area contributed by atoms with Gasteiger partial charge >= 0.3 is 0 Å². The lowest BCUT2D eigenvalue weighted by atomic mass is 10.2. The summed E-state index contributed by atoms with van der Waals surface area (Å²) in [6.45, 7) is 0. The fourth-order valence-corrected chi connectivity index (χ4v) is 2.11. The number of rotatable bonds is 2. The molecule has 0 atom stereocenters. The van der Waals surface area contributed by atoms with Gasteiger partial charge in [0, 0.05) is 5.02 Å². The maximum Gasteiger partial charge on any atom is 0.253 e. The van der Waals surface area contributed by atoms with Crippen LogP contribution in [-0.4, -0.2) is 13.7 Å². The predicted octanol–water partition coefficient (Wildman–Crippen LogP) is 1.37. The molecule has 0 amide bonds. The number of sulfonamides is 1. The van der Waals surface area contributed by atoms with E-state index in [0.29, 0.717) is 0 Å². The van der Waals surface area contributed by atoms with E-state index in [1.54, 1.807) is 0 Å². The van der Waals surface area contributed by atoms with Crippen molar-refractivity contribution in [3.63, 3.8) is 0 Å². The van der Waals surface area contributed by atoms with E-state index in [1.807, 2.05) is 0 Å². The average Bonchev–Trinajstić information content (AvgIpc) is 2.01. The van der Waals surface area contributed by atoms with Gasteiger partial charge in [0.1, 0.15) is 0 Å². The van der Waals surface area contributed by atoms with Crippen molar-refractivity contribution in [2.75, 3.05) is 0 Å². The molecule has 0 aromatic heterocycles. The van der Waals surface area contributed by atoms with Gasteiger partial charge in [0.25, 0.3) is 5.24 Å². The van der Waals surface area contributed by atoms with Gasteiger partial charge in [-0.15, -0.1) is 0 Å². The molecule has 1 rings (SSSR count). The summed E-state index contributed by atoms with van der Waals surface area (Å²) in [7, 11) is -3.99. The maximum atomic E-state index is 11.0. The predicted molar refractivity (Wildman–Crippen MR) is 53.0 cm³/mol. The largest absolute Gasteiger partial charge is 0.276 e. The van der Waals surface area contributed by atoms with E-state index in [4.69, 9.17) is 28.3 Å². The van der Waals surface area contributed by atoms with E-state index in [2.05, 4.69) is 0 Å². The minimum Gasteiger partial charge on any atom is -0.276 e. The number of nitrogens with two attached hydrogens (primary N) is 1. The highest BCUT2D eigenvalue weighted by atomic mass is 35.5. The molecule has 0 saturated heterocycles. The fraction of sp³-hybridized carbons (Fsp3) is 0. The van der Waals surface area contributed by atoms with Gasteiger partial charge in [0.15, 0.2) is 0 Å². The number of carbonyl (C=O) groups is 1. The molecule has 0 aliphatic rings. The van der Waals surface area contributed by atoms with Crippen LogP contribution in [0.4, 0.5) is 0 Å². The molecule has 2 N–H and O–H groups in total. The molecule has 1 aromatic carbocycles. The molecule has 0 aliphatic carbocycles. The van der Waals surface area contributed by atoms with Gasteiger partial charge in [-0.3, -0.25) is 4.79 Å². The SMILES string of the molecule is NS(=O)(=O)c1cc(Cl)ccc1C(=O)Cl. The second-order valence-corrected chi connectivity index (χ2v) is 4.77. The number of halogens is 2. The Morgan fingerprint density at radius 1 is 1.36 bits per heavy atom. The maximum absolute atomic E-state index is 11.0. The highest BCUT2D eigenvalue weighted by Gasteiger charge is 2.18. The first kappa shape index (κ1) is 11.5. The van der Waals surface area contributed by atoms with E-state index in [1.165, 1.54) is 12.1 Å². The van der Waals surface area contributed by atoms with Gasteiger partial charge in [-0.05, 0) is 29.8 Å². The third-order valence-electron chi connectivity index (χ3n) is 1.46. The van der Waals surface area contributed by atoms with Gasteiger partial charge < -0.3 is 0 Å². The van der Waals surface area contributed by atoms with E-state index < -0.39 is 15.3 Å². The van der Waals surface area contributed by atoms with Crippen molar-refractivity contribution >= 4 is 38.5 Å². The molecule has 7 heteroatoms. The summed E-state index contributed by atoms with van der Waals surface area (Å²) in [6, 6.07) is 3.63. The molecule has 0 aliphatic heterocycles. The van der Waals surface area contributed by atoms with Gasteiger partial charge in [-0.1, -0.05) is 11.6 Å². The zero-order valence-corrected chi connectivity index (χ0v) is 9.03. The second-order valence-electron chi connectivity index (χ2n) is 2.46. The lowest BCUT2D eigenvalue weighted by Gasteiger charge is -2.03. The third-order valence-corrected chi connectivity index (χ3v) is 2.85. The zero-order chi connectivity index (χ0) is 10.9. The number of benzene rings is 1. The van der Waals surface area contributed by atoms with Crippen LogP contribution in [0.2, 0.25) is 5.02 Å². The average molecular weight is 254 g/mol. The second kappa shape index (κ2) is 3.86. The number of hydrogen-bond donors (Lipinski definition) is 1. The first-order valence-electron chi connectivity index (χ1n) is 3.34. The van der Waals surface area contributed by atoms with Crippen molar-refractivity contribution in [1.29, 1.82) is 0 Å². The topological polar surface area (TPSA) is 77.2 Å². The molecule has 1 aromatic rings. The van der Waals surface area contributed by atoms with Gasteiger partial charge in [-0.2, -0.15) is 0 Å². The molecule has 4 nitrogen and oxygen atoms in total. The van der Waals surface area contributed by atoms with E-state index in [0.717, 1.165) is 6.07 Å². The Kier molecular flexibility index (Phi) is 3.16. The van der Waals surface area contributed by atoms with Gasteiger partial charge in [0.05, 0.1) is 10.5 Å². The first-order chi connectivity index (χ1) is 6.32. The number of primary sulfonamides is 1. The highest BCUT2D eigenvalue weighted by Crippen LogP contribution is 2.21. The summed E-state index contributed by atoms with van der Waals surface area (Å²) in [5.74, 6) is 0. The van der Waals surface area contributed by atoms with Crippen LogP contribution >= 0.6 is 23.2 Å². The van der Waals surface area contributed by atoms with Crippen molar-refractivity contribution in [2.24, 2.45) is 5.14 Å². The molecule has 0 unspecified atom stereocenters. The molecule has 76 valence electrons. The normalized spacial score (nSPS) is 11.4. The molecule has 0 spiro atoms. The molecule has 14 heavy (non-hydrogen) atoms. The van der Waals surface area contributed by atoms with Crippen LogP contribution in [-0.2, 0) is 10.0 Å². The lowest BCUT2D eigenvalue weighted by molar-refractivity contribution is 0.107. The molecule has 0 heterocycles. The van der Waals surface area contributed by atoms with Crippen LogP contribution in [0.1, 0.15) is 10.4 Å². The molecular formula is C7H5Cl2NO3S. The van der Waals surface area contributed by atoms with Gasteiger partial charge in [-0.25, -0.2) is 13.6 Å². The Morgan fingerprint density at radius 3 is 2.36 bits per heavy atom. The minimum atomic E-state index is -3.99. The van der Waals surface area contributed by atoms with Gasteiger partial charge in [0.2, 0.25) is 10.0 Å². The molecule has 0 fully saturated rings. The van der Waals surface area contributed by atoms with Crippen molar-refractivity contribution in [3.8, 4) is 0 Å². The van der Waals surface area contributed by atoms with Crippen LogP contribution in [0.15, 0.2) is 23.1 Å². The molecule has 0 bridgehead atoms. The quantitative estimate of drug-likeness (QED) is 0.809. The lowest BCUT2D eigenvalue weighted by Crippen LogP contribution is -2.15. The van der Waals surface area contributed by atoms with Crippen molar-refractivity contribution < 1.29 is 13.2 Å². The van der Waals surface area contributed by atoms with E-state index in [9.17, 15) is 13.2 Å². The summed E-state index contributed by atoms with van der Waals surface area (Å²) >= 11 is 10.7. The van der Waals surface area contributed by atoms with E-state index in [-0.39, 0.29) is 15.5 Å². The van der Waals surface area contributed by atoms with Crippen LogP contribution in [0.3, 0.4) is 0 Å². The summed E-state index contributed by atoms with van der Waals surface area (Å²) in [5.41, 5.74) is -0.182. The Balaban J connectivity index is 3.54. The minimum absolute atomic E-state index is 0.163. The van der Waals surface area contributed by atoms with Crippen LogP contribution < -0.4 is 5.14 Å². The number of carbonyl (C=O) groups excluding carboxylic acids is 1. The third kappa shape index (κ3) is 2.45. The smallest absolute Gasteiger partial charge is 0.253 e. The summed E-state index contributed by atoms with van der Waals surface area (Å²) in [4.78, 5) is 10.5. The molecule has 0 saturated carbocycles. The standard InChI is InChI=1S/C7H5Cl2NO3S/c8-4-1-2-5(7(9)11)6(3-4)14(10,12)13/h1-3H,(H2,10,12,13). The van der Waals surface area contributed by atoms with Crippen LogP contribution in [0.25, 0.3) is 0 Å². The highest BCUT2D eigenvalue weighted by molar-refractivity contribution is 7.89. The summed E-state index contributed by atoms with van der Waals surface area (Å²) in [6.07, 6.45) is 0. The summed E-state index contributed by atoms with van der Waals surface area (Å²) in [5, 5.41) is 4.13. The Morgan fingerprint density at radius 2 is 1.93 bits per heavy atom.